The second kappa shape index (κ2) is 8.64. The van der Waals surface area contributed by atoms with Crippen LogP contribution in [0.3, 0.4) is 0 Å². The smallest absolute Gasteiger partial charge is 0.497 e. The third-order valence-corrected chi connectivity index (χ3v) is 6.35. The summed E-state index contributed by atoms with van der Waals surface area (Å²) in [6.07, 6.45) is 4.65. The minimum atomic E-state index is -0.634. The topological polar surface area (TPSA) is 60.9 Å². The zero-order valence-corrected chi connectivity index (χ0v) is 17.9. The molecule has 0 N–H and O–H groups in total. The lowest BCUT2D eigenvalue weighted by Gasteiger charge is -2.51. The number of pyridine rings is 1. The van der Waals surface area contributed by atoms with E-state index in [1.807, 2.05) is 38.1 Å². The fraction of sp³-hybridized carbons (Fsp3) is 0.500. The van der Waals surface area contributed by atoms with Crippen molar-refractivity contribution in [3.8, 4) is 5.75 Å². The Bertz CT molecular complexity index is 929. The van der Waals surface area contributed by atoms with Crippen LogP contribution >= 0.6 is 0 Å². The summed E-state index contributed by atoms with van der Waals surface area (Å²) in [6, 6.07) is 7.83. The Labute approximate surface area is 177 Å². The molecule has 5 atom stereocenters. The molecule has 3 fully saturated rings. The molecule has 1 aromatic heterocycles. The molecule has 0 spiro atoms. The predicted molar refractivity (Wildman–Crippen MR) is 116 cm³/mol. The van der Waals surface area contributed by atoms with Gasteiger partial charge >= 0.3 is 6.16 Å². The van der Waals surface area contributed by atoms with E-state index in [1.54, 1.807) is 13.3 Å². The van der Waals surface area contributed by atoms with E-state index >= 15 is 0 Å². The summed E-state index contributed by atoms with van der Waals surface area (Å²) in [7, 11) is 1.65. The highest BCUT2D eigenvalue weighted by Crippen LogP contribution is 2.43. The molecule has 4 heterocycles. The molecule has 3 saturated heterocycles. The van der Waals surface area contributed by atoms with Gasteiger partial charge in [-0.25, -0.2) is 4.79 Å². The average molecular weight is 411 g/mol. The monoisotopic (exact) mass is 410 g/mol. The molecule has 0 saturated carbocycles. The van der Waals surface area contributed by atoms with Gasteiger partial charge in [0.25, 0.3) is 0 Å². The van der Waals surface area contributed by atoms with E-state index in [-0.39, 0.29) is 12.1 Å². The minimum Gasteiger partial charge on any atom is -0.497 e. The Hall–Kier alpha value is -2.60. The van der Waals surface area contributed by atoms with Crippen molar-refractivity contribution in [1.82, 2.24) is 9.88 Å². The SMILES string of the molecule is C=C[C@H]1CN2CC[C@H]1C[C@@H]2[C@@H](OC(=O)OC(C)C)c1ccnc2ccc(OC)cc12. The molecule has 5 rings (SSSR count). The van der Waals surface area contributed by atoms with Gasteiger partial charge in [-0.05, 0) is 69.3 Å². The first kappa shape index (κ1) is 20.7. The molecular weight excluding hydrogens is 380 g/mol. The van der Waals surface area contributed by atoms with Crippen molar-refractivity contribution in [3.05, 3.63) is 48.7 Å². The molecule has 2 bridgehead atoms. The van der Waals surface area contributed by atoms with E-state index in [9.17, 15) is 4.79 Å². The highest BCUT2D eigenvalue weighted by atomic mass is 16.7. The summed E-state index contributed by atoms with van der Waals surface area (Å²) in [6.45, 7) is 9.62. The number of hydrogen-bond donors (Lipinski definition) is 0. The number of rotatable bonds is 6. The van der Waals surface area contributed by atoms with E-state index in [4.69, 9.17) is 14.2 Å². The number of benzene rings is 1. The first-order chi connectivity index (χ1) is 14.5. The first-order valence-corrected chi connectivity index (χ1v) is 10.7. The number of ether oxygens (including phenoxy) is 3. The van der Waals surface area contributed by atoms with Crippen LogP contribution in [-0.2, 0) is 9.47 Å². The van der Waals surface area contributed by atoms with Crippen LogP contribution in [0, 0.1) is 11.8 Å². The molecule has 0 radical (unpaired) electrons. The van der Waals surface area contributed by atoms with Gasteiger partial charge in [0.15, 0.2) is 0 Å². The number of hydrogen-bond acceptors (Lipinski definition) is 6. The van der Waals surface area contributed by atoms with Gasteiger partial charge in [0.1, 0.15) is 11.9 Å². The van der Waals surface area contributed by atoms with Crippen LogP contribution in [0.25, 0.3) is 10.9 Å². The molecule has 3 aliphatic rings. The van der Waals surface area contributed by atoms with Crippen LogP contribution in [0.1, 0.15) is 38.4 Å². The zero-order valence-electron chi connectivity index (χ0n) is 17.9. The summed E-state index contributed by atoms with van der Waals surface area (Å²) >= 11 is 0. The summed E-state index contributed by atoms with van der Waals surface area (Å²) in [5.41, 5.74) is 1.78. The van der Waals surface area contributed by atoms with Gasteiger partial charge in [-0.3, -0.25) is 9.88 Å². The van der Waals surface area contributed by atoms with E-state index in [1.165, 1.54) is 0 Å². The zero-order chi connectivity index (χ0) is 21.3. The second-order valence-corrected chi connectivity index (χ2v) is 8.48. The molecule has 1 aromatic carbocycles. The predicted octanol–water partition coefficient (Wildman–Crippen LogP) is 4.74. The number of aromatic nitrogens is 1. The van der Waals surface area contributed by atoms with Crippen molar-refractivity contribution in [1.29, 1.82) is 0 Å². The van der Waals surface area contributed by atoms with Gasteiger partial charge in [-0.2, -0.15) is 0 Å². The number of carbonyl (C=O) groups excluding carboxylic acids is 1. The molecule has 0 amide bonds. The van der Waals surface area contributed by atoms with Gasteiger partial charge in [-0.1, -0.05) is 6.08 Å². The fourth-order valence-corrected chi connectivity index (χ4v) is 4.89. The third-order valence-electron chi connectivity index (χ3n) is 6.35. The largest absolute Gasteiger partial charge is 0.509 e. The van der Waals surface area contributed by atoms with Gasteiger partial charge in [0.2, 0.25) is 0 Å². The van der Waals surface area contributed by atoms with Crippen molar-refractivity contribution in [3.63, 3.8) is 0 Å². The summed E-state index contributed by atoms with van der Waals surface area (Å²) in [4.78, 5) is 19.5. The highest BCUT2D eigenvalue weighted by Gasteiger charge is 2.44. The fourth-order valence-electron chi connectivity index (χ4n) is 4.89. The van der Waals surface area contributed by atoms with Gasteiger partial charge in [0, 0.05) is 23.7 Å². The average Bonchev–Trinajstić information content (AvgIpc) is 2.76. The third kappa shape index (κ3) is 4.01. The maximum atomic E-state index is 12.5. The number of carbonyl (C=O) groups is 1. The summed E-state index contributed by atoms with van der Waals surface area (Å²) in [5, 5.41) is 0.933. The van der Waals surface area contributed by atoms with Crippen molar-refractivity contribution in [2.24, 2.45) is 11.8 Å². The lowest BCUT2D eigenvalue weighted by molar-refractivity contribution is -0.0699. The van der Waals surface area contributed by atoms with Gasteiger partial charge in [0.05, 0.1) is 24.8 Å². The van der Waals surface area contributed by atoms with E-state index in [2.05, 4.69) is 22.5 Å². The standard InChI is InChI=1S/C24H30N2O4/c1-5-16-14-26-11-9-17(16)12-22(26)23(30-24(27)29-15(2)3)19-8-10-25-21-7-6-18(28-4)13-20(19)21/h5-8,10,13,15-17,22-23H,1,9,11-12,14H2,2-4H3/t16-,17-,22+,23-/m0/s1. The van der Waals surface area contributed by atoms with Gasteiger partial charge in [-0.15, -0.1) is 6.58 Å². The van der Waals surface area contributed by atoms with Crippen LogP contribution in [0.4, 0.5) is 4.79 Å². The second-order valence-electron chi connectivity index (χ2n) is 8.48. The van der Waals surface area contributed by atoms with Crippen LogP contribution in [0.15, 0.2) is 43.1 Å². The summed E-state index contributed by atoms with van der Waals surface area (Å²) < 4.78 is 16.8. The molecular formula is C24H30N2O4. The molecule has 6 heteroatoms. The van der Waals surface area contributed by atoms with Crippen LogP contribution in [-0.4, -0.2) is 48.4 Å². The molecule has 2 aromatic rings. The van der Waals surface area contributed by atoms with Crippen molar-refractivity contribution in [2.75, 3.05) is 20.2 Å². The van der Waals surface area contributed by atoms with E-state index < -0.39 is 12.3 Å². The van der Waals surface area contributed by atoms with Crippen molar-refractivity contribution >= 4 is 17.1 Å². The number of fused-ring (bicyclic) bond motifs is 4. The van der Waals surface area contributed by atoms with E-state index in [0.717, 1.165) is 48.1 Å². The Morgan fingerprint density at radius 1 is 1.30 bits per heavy atom. The lowest BCUT2D eigenvalue weighted by atomic mass is 9.73. The first-order valence-electron chi connectivity index (χ1n) is 10.7. The quantitative estimate of drug-likeness (QED) is 0.506. The Morgan fingerprint density at radius 3 is 2.80 bits per heavy atom. The summed E-state index contributed by atoms with van der Waals surface area (Å²) in [5.74, 6) is 1.80. The lowest BCUT2D eigenvalue weighted by Crippen LogP contribution is -2.55. The van der Waals surface area contributed by atoms with Crippen LogP contribution in [0.5, 0.6) is 5.75 Å². The maximum absolute atomic E-state index is 12.5. The molecule has 3 aliphatic heterocycles. The molecule has 0 aliphatic carbocycles. The Morgan fingerprint density at radius 2 is 2.13 bits per heavy atom. The molecule has 6 nitrogen and oxygen atoms in total. The molecule has 30 heavy (non-hydrogen) atoms. The minimum absolute atomic E-state index is 0.0939. The maximum Gasteiger partial charge on any atom is 0.509 e. The van der Waals surface area contributed by atoms with Crippen molar-refractivity contribution < 1.29 is 19.0 Å². The van der Waals surface area contributed by atoms with Crippen LogP contribution in [0.2, 0.25) is 0 Å². The molecule has 1 unspecified atom stereocenters. The number of piperidine rings is 3. The van der Waals surface area contributed by atoms with Gasteiger partial charge < -0.3 is 14.2 Å². The van der Waals surface area contributed by atoms with Crippen LogP contribution < -0.4 is 4.74 Å². The Kier molecular flexibility index (Phi) is 5.95. The normalized spacial score (nSPS) is 26.4. The number of nitrogens with zero attached hydrogens (tertiary/aromatic N) is 2. The number of methoxy groups -OCH3 is 1. The van der Waals surface area contributed by atoms with E-state index in [0.29, 0.717) is 11.8 Å². The Balaban J connectivity index is 1.74. The molecule has 160 valence electrons. The van der Waals surface area contributed by atoms with Crippen molar-refractivity contribution in [2.45, 2.75) is 44.9 Å². The highest BCUT2D eigenvalue weighted by molar-refractivity contribution is 5.84.